The quantitative estimate of drug-likeness (QED) is 0.602. The molecule has 1 heterocycles. The van der Waals surface area contributed by atoms with Crippen molar-refractivity contribution in [1.29, 1.82) is 0 Å². The van der Waals surface area contributed by atoms with Gasteiger partial charge in [-0.25, -0.2) is 0 Å². The molecular weight excluding hydrogens is 216 g/mol. The highest BCUT2D eigenvalue weighted by molar-refractivity contribution is 6.31. The van der Waals surface area contributed by atoms with Crippen molar-refractivity contribution < 1.29 is 14.5 Å². The molecule has 4 heteroatoms. The molecule has 17 heavy (non-hydrogen) atoms. The monoisotopic (exact) mass is 240 g/mol. The van der Waals surface area contributed by atoms with E-state index < -0.39 is 5.97 Å². The summed E-state index contributed by atoms with van der Waals surface area (Å²) >= 11 is 0. The van der Waals surface area contributed by atoms with E-state index >= 15 is 0 Å². The number of rotatable bonds is 7. The largest absolute Gasteiger partial charge is 0.538 e. The predicted molar refractivity (Wildman–Crippen MR) is 65.9 cm³/mol. The van der Waals surface area contributed by atoms with Gasteiger partial charge in [-0.05, 0) is 18.8 Å². The van der Waals surface area contributed by atoms with Crippen LogP contribution in [0.4, 0.5) is 0 Å². The third-order valence-corrected chi connectivity index (χ3v) is 3.57. The van der Waals surface area contributed by atoms with Crippen molar-refractivity contribution in [3.63, 3.8) is 0 Å². The van der Waals surface area contributed by atoms with Gasteiger partial charge in [-0.2, -0.15) is 0 Å². The van der Waals surface area contributed by atoms with Gasteiger partial charge in [0.25, 0.3) is 5.84 Å². The van der Waals surface area contributed by atoms with E-state index in [0.29, 0.717) is 11.8 Å². The van der Waals surface area contributed by atoms with Crippen molar-refractivity contribution in [3.05, 3.63) is 0 Å². The van der Waals surface area contributed by atoms with Crippen LogP contribution in [0.5, 0.6) is 0 Å². The van der Waals surface area contributed by atoms with Gasteiger partial charge in [-0.3, -0.25) is 9.48 Å². The number of aliphatic carboxylic acids is 1. The number of carbonyl (C=O) groups excluding carboxylic acids is 1. The Morgan fingerprint density at radius 2 is 2.24 bits per heavy atom. The number of hydrogen-bond acceptors (Lipinski definition) is 3. The molecule has 98 valence electrons. The molecule has 0 aromatic heterocycles. The van der Waals surface area contributed by atoms with Crippen molar-refractivity contribution in [1.82, 2.24) is 4.90 Å². The highest BCUT2D eigenvalue weighted by atomic mass is 16.4. The first kappa shape index (κ1) is 14.0. The number of nitrogens with zero attached hydrogens (tertiary/aromatic N) is 2. The fraction of sp³-hybridized carbons (Fsp3) is 0.846. The molecule has 1 unspecified atom stereocenters. The van der Waals surface area contributed by atoms with Gasteiger partial charge in [-0.15, -0.1) is 0 Å². The minimum absolute atomic E-state index is 0.361. The minimum Gasteiger partial charge on any atom is -0.538 e. The molecular formula is C13H24N2O2. The van der Waals surface area contributed by atoms with Gasteiger partial charge in [0.05, 0.1) is 13.6 Å². The van der Waals surface area contributed by atoms with E-state index in [9.17, 15) is 9.90 Å². The molecule has 0 aromatic carbocycles. The maximum atomic E-state index is 11.1. The minimum atomic E-state index is -1.05. The van der Waals surface area contributed by atoms with Gasteiger partial charge in [0.15, 0.2) is 5.97 Å². The molecule has 0 spiro atoms. The van der Waals surface area contributed by atoms with Crippen LogP contribution >= 0.6 is 0 Å². The fourth-order valence-electron chi connectivity index (χ4n) is 2.42. The standard InChI is InChI=1S/C13H24N2O2/c1-4-6-7-11(5-2)10-15-9-8-14(3)12(15)13(16)17/h11H,4-10H2,1-3H3. The van der Waals surface area contributed by atoms with Crippen LogP contribution in [0.1, 0.15) is 39.5 Å². The zero-order valence-electron chi connectivity index (χ0n) is 11.2. The summed E-state index contributed by atoms with van der Waals surface area (Å²) in [6, 6.07) is 0. The molecule has 0 bridgehead atoms. The normalized spacial score (nSPS) is 17.7. The molecule has 0 aliphatic carbocycles. The van der Waals surface area contributed by atoms with Crippen LogP contribution in [0.3, 0.4) is 0 Å². The molecule has 1 rings (SSSR count). The van der Waals surface area contributed by atoms with Crippen molar-refractivity contribution >= 4 is 11.8 Å². The molecule has 4 nitrogen and oxygen atoms in total. The summed E-state index contributed by atoms with van der Waals surface area (Å²) in [7, 11) is 1.82. The Balaban J connectivity index is 2.58. The van der Waals surface area contributed by atoms with Crippen molar-refractivity contribution in [3.8, 4) is 0 Å². The summed E-state index contributed by atoms with van der Waals surface area (Å²) in [5.74, 6) is -0.0916. The second-order valence-electron chi connectivity index (χ2n) is 4.90. The van der Waals surface area contributed by atoms with Crippen LogP contribution in [-0.2, 0) is 4.79 Å². The third-order valence-electron chi connectivity index (χ3n) is 3.57. The number of amidine groups is 1. The lowest BCUT2D eigenvalue weighted by Crippen LogP contribution is -2.45. The lowest BCUT2D eigenvalue weighted by Gasteiger charge is -2.20. The predicted octanol–water partition coefficient (Wildman–Crippen LogP) is 0.309. The molecule has 1 atom stereocenters. The van der Waals surface area contributed by atoms with Crippen LogP contribution < -0.4 is 5.11 Å². The number of carboxylic acids is 1. The average Bonchev–Trinajstić information content (AvgIpc) is 2.65. The van der Waals surface area contributed by atoms with E-state index in [4.69, 9.17) is 0 Å². The fourth-order valence-corrected chi connectivity index (χ4v) is 2.42. The Labute approximate surface area is 104 Å². The third kappa shape index (κ3) is 3.72. The first-order chi connectivity index (χ1) is 8.10. The smallest absolute Gasteiger partial charge is 0.295 e. The molecule has 0 amide bonds. The van der Waals surface area contributed by atoms with Crippen LogP contribution in [-0.4, -0.2) is 48.0 Å². The summed E-state index contributed by atoms with van der Waals surface area (Å²) in [6.07, 6.45) is 4.73. The molecule has 0 N–H and O–H groups in total. The number of carbonyl (C=O) groups is 1. The lowest BCUT2D eigenvalue weighted by molar-refractivity contribution is -0.488. The maximum Gasteiger partial charge on any atom is 0.295 e. The molecule has 0 saturated carbocycles. The number of likely N-dealkylation sites (N-methyl/N-ethyl adjacent to an activating group) is 1. The molecule has 0 aromatic rings. The lowest BCUT2D eigenvalue weighted by atomic mass is 9.99. The Bertz CT molecular complexity index is 300. The zero-order chi connectivity index (χ0) is 12.8. The number of unbranched alkanes of at least 4 members (excludes halogenated alkanes) is 1. The van der Waals surface area contributed by atoms with E-state index in [0.717, 1.165) is 26.1 Å². The number of hydrogen-bond donors (Lipinski definition) is 0. The van der Waals surface area contributed by atoms with Crippen LogP contribution in [0.15, 0.2) is 0 Å². The summed E-state index contributed by atoms with van der Waals surface area (Å²) in [6.45, 7) is 6.81. The van der Waals surface area contributed by atoms with Gasteiger partial charge in [-0.1, -0.05) is 26.7 Å². The topological polar surface area (TPSA) is 46.4 Å². The highest BCUT2D eigenvalue weighted by Gasteiger charge is 2.30. The van der Waals surface area contributed by atoms with E-state index in [1.807, 2.05) is 11.9 Å². The van der Waals surface area contributed by atoms with E-state index in [1.165, 1.54) is 19.3 Å². The SMILES string of the molecule is CCCCC(CC)CN1CC[N+](C)=C1C(=O)[O-]. The second-order valence-corrected chi connectivity index (χ2v) is 4.90. The average molecular weight is 240 g/mol. The van der Waals surface area contributed by atoms with Crippen molar-refractivity contribution in [2.45, 2.75) is 39.5 Å². The molecule has 1 aliphatic heterocycles. The zero-order valence-corrected chi connectivity index (χ0v) is 11.2. The first-order valence-electron chi connectivity index (χ1n) is 6.64. The second kappa shape index (κ2) is 6.62. The van der Waals surface area contributed by atoms with Gasteiger partial charge in [0.1, 0.15) is 13.1 Å². The van der Waals surface area contributed by atoms with Gasteiger partial charge >= 0.3 is 0 Å². The van der Waals surface area contributed by atoms with E-state index in [-0.39, 0.29) is 0 Å². The first-order valence-corrected chi connectivity index (χ1v) is 6.64. The van der Waals surface area contributed by atoms with Gasteiger partial charge < -0.3 is 9.90 Å². The van der Waals surface area contributed by atoms with Gasteiger partial charge in [0, 0.05) is 0 Å². The van der Waals surface area contributed by atoms with Crippen molar-refractivity contribution in [2.24, 2.45) is 5.92 Å². The Morgan fingerprint density at radius 3 is 2.76 bits per heavy atom. The Morgan fingerprint density at radius 1 is 1.53 bits per heavy atom. The number of carboxylic acid groups (broad SMARTS) is 1. The van der Waals surface area contributed by atoms with Gasteiger partial charge in [0.2, 0.25) is 0 Å². The Kier molecular flexibility index (Phi) is 5.45. The van der Waals surface area contributed by atoms with Crippen LogP contribution in [0, 0.1) is 5.92 Å². The highest BCUT2D eigenvalue weighted by Crippen LogP contribution is 2.15. The summed E-state index contributed by atoms with van der Waals surface area (Å²) in [5, 5.41) is 11.1. The maximum absolute atomic E-state index is 11.1. The summed E-state index contributed by atoms with van der Waals surface area (Å²) in [4.78, 5) is 13.0. The summed E-state index contributed by atoms with van der Waals surface area (Å²) in [5.41, 5.74) is 0. The van der Waals surface area contributed by atoms with Crippen LogP contribution in [0.25, 0.3) is 0 Å². The Hall–Kier alpha value is -1.06. The van der Waals surface area contributed by atoms with E-state index in [2.05, 4.69) is 13.8 Å². The molecule has 0 fully saturated rings. The van der Waals surface area contributed by atoms with E-state index in [1.54, 1.807) is 4.58 Å². The molecule has 0 radical (unpaired) electrons. The molecule has 1 aliphatic rings. The molecule has 0 saturated heterocycles. The van der Waals surface area contributed by atoms with Crippen LogP contribution in [0.2, 0.25) is 0 Å². The summed E-state index contributed by atoms with van der Waals surface area (Å²) < 4.78 is 1.78. The van der Waals surface area contributed by atoms with Crippen molar-refractivity contribution in [2.75, 3.05) is 26.7 Å².